The summed E-state index contributed by atoms with van der Waals surface area (Å²) in [6.07, 6.45) is 0. The summed E-state index contributed by atoms with van der Waals surface area (Å²) < 4.78 is 24.0. The van der Waals surface area contributed by atoms with Crippen LogP contribution in [0.1, 0.15) is 27.7 Å². The van der Waals surface area contributed by atoms with Gasteiger partial charge in [-0.25, -0.2) is 0 Å². The number of carbonyl (C=O) groups is 4. The van der Waals surface area contributed by atoms with Gasteiger partial charge in [-0.05, 0) is 0 Å². The third kappa shape index (κ3) is 1800. The van der Waals surface area contributed by atoms with E-state index in [1.54, 1.807) is 0 Å². The van der Waals surface area contributed by atoms with Gasteiger partial charge < -0.3 is 32.7 Å². The molecule has 0 aliphatic heterocycles. The van der Waals surface area contributed by atoms with Crippen LogP contribution in [0.3, 0.4) is 0 Å². The van der Waals surface area contributed by atoms with Gasteiger partial charge in [-0.1, -0.05) is 0 Å². The molecule has 0 spiro atoms. The first-order valence-corrected chi connectivity index (χ1v) is 6.81. The number of rotatable bonds is 0. The average molecular weight is 388 g/mol. The summed E-state index contributed by atoms with van der Waals surface area (Å²) in [6.45, 7) is 4.33. The molecule has 0 aromatic rings. The van der Waals surface area contributed by atoms with Crippen molar-refractivity contribution in [2.24, 2.45) is 0 Å². The Morgan fingerprint density at radius 2 is 0.652 bits per heavy atom. The van der Waals surface area contributed by atoms with E-state index in [1.165, 1.54) is 0 Å². The molecule has 0 heterocycles. The van der Waals surface area contributed by atoms with E-state index < -0.39 is 32.9 Å². The zero-order chi connectivity index (χ0) is 18.8. The number of carboxylic acid groups (broad SMARTS) is 4. The van der Waals surface area contributed by atoms with E-state index in [-0.39, 0.29) is 12.3 Å². The molecule has 0 aliphatic carbocycles. The first-order chi connectivity index (χ1) is 8.93. The Kier molecular flexibility index (Phi) is 52.7. The van der Waals surface area contributed by atoms with Crippen molar-refractivity contribution < 1.29 is 52.9 Å². The third-order valence-electron chi connectivity index (χ3n) is 0. The molecule has 0 amide bonds. The molecule has 23 heavy (non-hydrogen) atoms. The van der Waals surface area contributed by atoms with Crippen molar-refractivity contribution in [3.05, 3.63) is 0 Å². The molecule has 0 radical (unpaired) electrons. The van der Waals surface area contributed by atoms with Crippen LogP contribution in [0, 0.1) is 0 Å². The summed E-state index contributed by atoms with van der Waals surface area (Å²) in [5.74, 6) is -3.33. The maximum absolute atomic E-state index is 9.11. The standard InChI is InChI=1S/4C2H4O2.2H3N.H2O3S2/c4*1-2(3)4;;;1-5(2,3)4/h4*1H3,(H,3,4);2*1H3;(H2,1,2,3,4). The highest BCUT2D eigenvalue weighted by atomic mass is 32.9. The van der Waals surface area contributed by atoms with Gasteiger partial charge in [0.1, 0.15) is 0 Å². The van der Waals surface area contributed by atoms with Gasteiger partial charge in [-0.2, -0.15) is 4.21 Å². The molecule has 13 nitrogen and oxygen atoms in total. The van der Waals surface area contributed by atoms with E-state index in [1.807, 2.05) is 0 Å². The van der Waals surface area contributed by atoms with Gasteiger partial charge in [0.25, 0.3) is 32.9 Å². The molecule has 0 saturated heterocycles. The van der Waals surface area contributed by atoms with E-state index >= 15 is 0 Å². The van der Waals surface area contributed by atoms with Crippen LogP contribution >= 0.6 is 0 Å². The molecule has 15 heteroatoms. The summed E-state index contributed by atoms with van der Waals surface area (Å²) in [5, 5.41) is 29.7. The Morgan fingerprint density at radius 3 is 0.652 bits per heavy atom. The van der Waals surface area contributed by atoms with Crippen molar-refractivity contribution in [1.82, 2.24) is 12.3 Å². The summed E-state index contributed by atoms with van der Waals surface area (Å²) in [5.41, 5.74) is 0. The van der Waals surface area contributed by atoms with Gasteiger partial charge in [0.2, 0.25) is 0 Å². The van der Waals surface area contributed by atoms with E-state index in [2.05, 4.69) is 11.2 Å². The van der Waals surface area contributed by atoms with Crippen LogP contribution in [0.25, 0.3) is 0 Å². The summed E-state index contributed by atoms with van der Waals surface area (Å²) >= 11 is 3.47. The highest BCUT2D eigenvalue weighted by molar-refractivity contribution is 8.26. The molecule has 0 aliphatic rings. The Bertz CT molecular complexity index is 336. The molecule has 0 fully saturated rings. The fraction of sp³-hybridized carbons (Fsp3) is 0.500. The molecule has 0 rings (SSSR count). The molecule has 0 atom stereocenters. The van der Waals surface area contributed by atoms with Gasteiger partial charge in [0, 0.05) is 38.9 Å². The maximum atomic E-state index is 9.11. The molecular formula is C8H24N2O11S2. The molecular weight excluding hydrogens is 364 g/mol. The molecule has 12 N–H and O–H groups in total. The number of hydrogen-bond acceptors (Lipinski definition) is 8. The summed E-state index contributed by atoms with van der Waals surface area (Å²) in [4.78, 5) is 36.0. The molecule has 0 saturated carbocycles. The monoisotopic (exact) mass is 388 g/mol. The van der Waals surface area contributed by atoms with Gasteiger partial charge in [0.05, 0.1) is 0 Å². The molecule has 0 aromatic carbocycles. The molecule has 0 unspecified atom stereocenters. The summed E-state index contributed by atoms with van der Waals surface area (Å²) in [7, 11) is -3.83. The minimum absolute atomic E-state index is 0. The zero-order valence-electron chi connectivity index (χ0n) is 13.0. The fourth-order valence-corrected chi connectivity index (χ4v) is 0. The SMILES string of the molecule is CC(=O)O.CC(=O)O.CC(=O)O.CC(=O)O.N.N.O=S(O)(O)=S. The second-order valence-corrected chi connectivity index (χ2v) is 4.72. The van der Waals surface area contributed by atoms with E-state index in [0.717, 1.165) is 27.7 Å². The number of hydrogen-bond donors (Lipinski definition) is 8. The predicted octanol–water partition coefficient (Wildman–Crippen LogP) is 0.366. The second kappa shape index (κ2) is 28.3. The zero-order valence-corrected chi connectivity index (χ0v) is 14.6. The Balaban J connectivity index is -0.0000000273. The quantitative estimate of drug-likeness (QED) is 0.278. The lowest BCUT2D eigenvalue weighted by Gasteiger charge is -1.73. The van der Waals surface area contributed by atoms with Crippen molar-refractivity contribution >= 4 is 44.1 Å². The van der Waals surface area contributed by atoms with Crippen LogP contribution in [-0.4, -0.2) is 57.6 Å². The molecule has 0 aromatic heterocycles. The largest absolute Gasteiger partial charge is 0.481 e. The van der Waals surface area contributed by atoms with Crippen LogP contribution in [0.2, 0.25) is 0 Å². The van der Waals surface area contributed by atoms with Crippen LogP contribution < -0.4 is 12.3 Å². The lowest BCUT2D eigenvalue weighted by molar-refractivity contribution is -0.135. The predicted molar refractivity (Wildman–Crippen MR) is 84.0 cm³/mol. The van der Waals surface area contributed by atoms with E-state index in [9.17, 15) is 0 Å². The van der Waals surface area contributed by atoms with Crippen LogP contribution in [0.5, 0.6) is 0 Å². The molecule has 0 bridgehead atoms. The Morgan fingerprint density at radius 1 is 0.652 bits per heavy atom. The van der Waals surface area contributed by atoms with E-state index in [4.69, 9.17) is 52.9 Å². The van der Waals surface area contributed by atoms with Crippen molar-refractivity contribution in [3.63, 3.8) is 0 Å². The first-order valence-electron chi connectivity index (χ1n) is 4.41. The first kappa shape index (κ1) is 42.9. The van der Waals surface area contributed by atoms with Crippen LogP contribution in [0.4, 0.5) is 0 Å². The normalized spacial score (nSPS) is 6.87. The van der Waals surface area contributed by atoms with Gasteiger partial charge in [0.15, 0.2) is 0 Å². The van der Waals surface area contributed by atoms with Gasteiger partial charge in [-0.15, -0.1) is 0 Å². The minimum atomic E-state index is -3.83. The van der Waals surface area contributed by atoms with Gasteiger partial charge in [-0.3, -0.25) is 28.3 Å². The van der Waals surface area contributed by atoms with Crippen molar-refractivity contribution in [3.8, 4) is 0 Å². The minimum Gasteiger partial charge on any atom is -0.481 e. The average Bonchev–Trinajstić information content (AvgIpc) is 1.91. The highest BCUT2D eigenvalue weighted by Crippen LogP contribution is 1.62. The number of carboxylic acids is 4. The smallest absolute Gasteiger partial charge is 0.300 e. The number of aliphatic carboxylic acids is 4. The lowest BCUT2D eigenvalue weighted by Crippen LogP contribution is -1.86. The van der Waals surface area contributed by atoms with Crippen molar-refractivity contribution in [2.45, 2.75) is 27.7 Å². The highest BCUT2D eigenvalue weighted by Gasteiger charge is 1.78. The van der Waals surface area contributed by atoms with Crippen LogP contribution in [-0.2, 0) is 39.4 Å². The van der Waals surface area contributed by atoms with Gasteiger partial charge >= 0.3 is 0 Å². The topological polar surface area (TPSA) is 277 Å². The Hall–Kier alpha value is -1.91. The maximum Gasteiger partial charge on any atom is 0.300 e. The van der Waals surface area contributed by atoms with E-state index in [0.29, 0.717) is 0 Å². The Labute approximate surface area is 137 Å². The lowest BCUT2D eigenvalue weighted by atomic mass is 10.9. The summed E-state index contributed by atoms with van der Waals surface area (Å²) in [6, 6.07) is 0. The second-order valence-electron chi connectivity index (χ2n) is 2.52. The molecule has 144 valence electrons. The fourth-order valence-electron chi connectivity index (χ4n) is 0. The van der Waals surface area contributed by atoms with Crippen molar-refractivity contribution in [1.29, 1.82) is 0 Å². The van der Waals surface area contributed by atoms with Crippen LogP contribution in [0.15, 0.2) is 0 Å². The van der Waals surface area contributed by atoms with Crippen molar-refractivity contribution in [2.75, 3.05) is 0 Å². The third-order valence-corrected chi connectivity index (χ3v) is 0.